The Hall–Kier alpha value is -3.55. The Morgan fingerprint density at radius 1 is 1.10 bits per heavy atom. The first kappa shape index (κ1) is 52.6. The zero-order valence-corrected chi connectivity index (χ0v) is 38.7. The number of hydrogen-bond donors (Lipinski definition) is 4. The molecule has 0 aliphatic carbocycles. The van der Waals surface area contributed by atoms with Crippen LogP contribution in [0.3, 0.4) is 0 Å². The van der Waals surface area contributed by atoms with Crippen LogP contribution in [0.15, 0.2) is 48.2 Å². The quantitative estimate of drug-likeness (QED) is 0.0683. The summed E-state index contributed by atoms with van der Waals surface area (Å²) in [6.45, 7) is 6.50. The first-order valence-electron chi connectivity index (χ1n) is 17.1. The number of ether oxygens (including phenoxy) is 1. The number of nitrogens with zero attached hydrogens (tertiary/aromatic N) is 5. The smallest absolute Gasteiger partial charge is 0.442 e. The minimum atomic E-state index is -4.35. The Labute approximate surface area is 370 Å². The van der Waals surface area contributed by atoms with E-state index in [1.54, 1.807) is 9.36 Å². The van der Waals surface area contributed by atoms with Gasteiger partial charge in [-0.1, -0.05) is 61.5 Å². The van der Waals surface area contributed by atoms with E-state index < -0.39 is 49.4 Å². The van der Waals surface area contributed by atoms with Crippen molar-refractivity contribution in [3.05, 3.63) is 76.1 Å². The lowest BCUT2D eigenvalue weighted by molar-refractivity contribution is -0.193. The SMILES string of the molecule is C#CCOc1cc(-n2nc(C(C)(C)C)oc2=O)c(Cl)cc1Cl.C[S+](C)C.O=C(O)CNCP(=O)([O-])O.O=C(O)CSc1cc(N=c2sc(=O)n3n2CCCC3)c(F)cc1Cl. The van der Waals surface area contributed by atoms with Crippen molar-refractivity contribution in [2.24, 2.45) is 4.99 Å². The van der Waals surface area contributed by atoms with Gasteiger partial charge in [0.15, 0.2) is 0 Å². The monoisotopic (exact) mass is 974 g/mol. The number of benzene rings is 2. The van der Waals surface area contributed by atoms with Crippen LogP contribution in [0.1, 0.15) is 39.5 Å². The number of halogens is 4. The number of rotatable bonds is 11. The number of nitrogens with one attached hydrogen (secondary N) is 1. The highest BCUT2D eigenvalue weighted by atomic mass is 35.5. The number of carboxylic acid groups (broad SMARTS) is 2. The maximum Gasteiger partial charge on any atom is 0.442 e. The van der Waals surface area contributed by atoms with Crippen molar-refractivity contribution in [1.82, 2.24) is 24.5 Å². The number of carboxylic acids is 2. The van der Waals surface area contributed by atoms with E-state index in [1.807, 2.05) is 26.1 Å². The van der Waals surface area contributed by atoms with Crippen LogP contribution in [0, 0.1) is 18.2 Å². The molecule has 0 fully saturated rings. The van der Waals surface area contributed by atoms with E-state index in [0.29, 0.717) is 51.0 Å². The Morgan fingerprint density at radius 3 is 2.25 bits per heavy atom. The molecule has 1 aliphatic heterocycles. The lowest BCUT2D eigenvalue weighted by atomic mass is 9.97. The Balaban J connectivity index is 0.000000317. The van der Waals surface area contributed by atoms with E-state index in [1.165, 1.54) is 18.2 Å². The molecule has 330 valence electrons. The summed E-state index contributed by atoms with van der Waals surface area (Å²) < 4.78 is 39.0. The van der Waals surface area contributed by atoms with Crippen molar-refractivity contribution < 1.29 is 47.7 Å². The van der Waals surface area contributed by atoms with Crippen molar-refractivity contribution >= 4 is 94.0 Å². The van der Waals surface area contributed by atoms with Gasteiger partial charge in [-0.2, -0.15) is 4.68 Å². The lowest BCUT2D eigenvalue weighted by Crippen LogP contribution is -2.31. The number of thioether (sulfide) groups is 1. The number of carbonyl (C=O) groups is 2. The normalized spacial score (nSPS) is 13.3. The second kappa shape index (κ2) is 24.2. The first-order valence-corrected chi connectivity index (χ1v) is 24.3. The molecule has 2 aromatic carbocycles. The van der Waals surface area contributed by atoms with E-state index in [0.717, 1.165) is 46.7 Å². The average Bonchev–Trinajstić information content (AvgIpc) is 3.67. The largest absolute Gasteiger partial charge is 0.778 e. The second-order valence-corrected chi connectivity index (χ2v) is 20.7. The summed E-state index contributed by atoms with van der Waals surface area (Å²) in [5, 5.41) is 23.6. The van der Waals surface area contributed by atoms with Gasteiger partial charge in [-0.05, 0) is 53.3 Å². The Kier molecular flexibility index (Phi) is 21.2. The van der Waals surface area contributed by atoms with Crippen LogP contribution in [-0.4, -0.2) is 90.1 Å². The van der Waals surface area contributed by atoms with Crippen molar-refractivity contribution in [3.63, 3.8) is 0 Å². The van der Waals surface area contributed by atoms with Gasteiger partial charge in [0.05, 0.1) is 58.1 Å². The van der Waals surface area contributed by atoms with Crippen LogP contribution in [-0.2, 0) is 43.6 Å². The number of terminal acetylenes is 1. The minimum Gasteiger partial charge on any atom is -0.778 e. The highest BCUT2D eigenvalue weighted by Crippen LogP contribution is 2.34. The maximum absolute atomic E-state index is 14.2. The number of aliphatic carboxylic acids is 2. The number of hydrogen-bond acceptors (Lipinski definition) is 13. The molecule has 60 heavy (non-hydrogen) atoms. The summed E-state index contributed by atoms with van der Waals surface area (Å²) in [5.41, 5.74) is -0.0658. The highest BCUT2D eigenvalue weighted by Gasteiger charge is 2.24. The average molecular weight is 976 g/mol. The summed E-state index contributed by atoms with van der Waals surface area (Å²) in [6.07, 6.45) is 12.9. The fourth-order valence-electron chi connectivity index (χ4n) is 4.32. The zero-order chi connectivity index (χ0) is 45.5. The van der Waals surface area contributed by atoms with Gasteiger partial charge >= 0.3 is 22.6 Å². The summed E-state index contributed by atoms with van der Waals surface area (Å²) in [5.74, 6) is -0.659. The molecule has 1 aliphatic rings. The second-order valence-electron chi connectivity index (χ2n) is 13.5. The molecular formula is C35H43Cl3FN6O11PS3. The molecule has 0 spiro atoms. The molecule has 0 saturated carbocycles. The van der Waals surface area contributed by atoms with E-state index in [9.17, 15) is 33.0 Å². The molecule has 0 bridgehead atoms. The molecular weight excluding hydrogens is 933 g/mol. The van der Waals surface area contributed by atoms with Gasteiger partial charge in [0.2, 0.25) is 10.7 Å². The van der Waals surface area contributed by atoms with Crippen molar-refractivity contribution in [1.29, 1.82) is 0 Å². The van der Waals surface area contributed by atoms with Crippen molar-refractivity contribution in [2.75, 3.05) is 44.0 Å². The molecule has 0 radical (unpaired) electrons. The third-order valence-corrected chi connectivity index (χ3v) is 10.3. The van der Waals surface area contributed by atoms with Gasteiger partial charge in [-0.3, -0.25) is 24.4 Å². The summed E-state index contributed by atoms with van der Waals surface area (Å²) in [7, 11) is -3.71. The van der Waals surface area contributed by atoms with Crippen molar-refractivity contribution in [3.8, 4) is 23.8 Å². The Morgan fingerprint density at radius 2 is 1.72 bits per heavy atom. The lowest BCUT2D eigenvalue weighted by Gasteiger charge is -2.15. The van der Waals surface area contributed by atoms with E-state index in [4.69, 9.17) is 65.5 Å². The topological polar surface area (TPSA) is 244 Å². The molecule has 1 unspecified atom stereocenters. The summed E-state index contributed by atoms with van der Waals surface area (Å²) in [6, 6.07) is 5.48. The molecule has 1 atom stereocenters. The molecule has 25 heteroatoms. The predicted molar refractivity (Wildman–Crippen MR) is 231 cm³/mol. The van der Waals surface area contributed by atoms with Gasteiger partial charge in [0.1, 0.15) is 31.5 Å². The molecule has 5 rings (SSSR count). The molecule has 2 aromatic heterocycles. The van der Waals surface area contributed by atoms with Crippen LogP contribution in [0.2, 0.25) is 15.1 Å². The fraction of sp³-hybridized carbons (Fsp3) is 0.429. The van der Waals surface area contributed by atoms with E-state index in [2.05, 4.69) is 34.8 Å². The van der Waals surface area contributed by atoms with Gasteiger partial charge < -0.3 is 33.7 Å². The van der Waals surface area contributed by atoms with Gasteiger partial charge in [0.25, 0.3) is 0 Å². The van der Waals surface area contributed by atoms with Crippen LogP contribution in [0.25, 0.3) is 5.69 Å². The third-order valence-electron chi connectivity index (χ3n) is 6.78. The van der Waals surface area contributed by atoms with Gasteiger partial charge in [0, 0.05) is 29.5 Å². The molecule has 0 amide bonds. The molecule has 3 heterocycles. The molecule has 4 N–H and O–H groups in total. The maximum atomic E-state index is 14.2. The predicted octanol–water partition coefficient (Wildman–Crippen LogP) is 4.81. The fourth-order valence-corrected chi connectivity index (χ4v) is 7.11. The summed E-state index contributed by atoms with van der Waals surface area (Å²) in [4.78, 5) is 67.5. The first-order chi connectivity index (χ1) is 27.8. The molecule has 0 saturated heterocycles. The minimum absolute atomic E-state index is 0.0370. The zero-order valence-electron chi connectivity index (χ0n) is 33.1. The third kappa shape index (κ3) is 17.8. The molecule has 17 nitrogen and oxygen atoms in total. The number of aromatic nitrogens is 4. The van der Waals surface area contributed by atoms with E-state index >= 15 is 0 Å². The van der Waals surface area contributed by atoms with Crippen molar-refractivity contribution in [2.45, 2.75) is 57.0 Å². The molecule has 4 aromatic rings. The van der Waals surface area contributed by atoms with Crippen LogP contribution >= 0.6 is 65.5 Å². The number of fused-ring (bicyclic) bond motifs is 1. The van der Waals surface area contributed by atoms with E-state index in [-0.39, 0.29) is 38.0 Å². The summed E-state index contributed by atoms with van der Waals surface area (Å²) >= 11 is 20.1. The van der Waals surface area contributed by atoms with Crippen LogP contribution < -0.4 is 30.4 Å². The van der Waals surface area contributed by atoms with Crippen LogP contribution in [0.4, 0.5) is 10.1 Å². The highest BCUT2D eigenvalue weighted by molar-refractivity contribution is 8.00. The van der Waals surface area contributed by atoms with Gasteiger partial charge in [-0.25, -0.2) is 18.9 Å². The standard InChI is InChI=1S/C15H14Cl2N2O3.C14H13ClFN3O3S2.C3H8NO5P.C3H9S/c1-5-6-21-12-8-11(9(16)7-10(12)17)19-14(20)22-13(18-19)15(2,3)4;15-8-5-9(16)10(6-11(8)23-7-12(20)21)17-13-18-3-1-2-4-19(18)14(22)24-13;5-3(6)1-4-2-10(7,8)9;1-4(2)3/h1,7-8H,6H2,2-4H3;5-6H,1-4,7H2,(H,20,21);4H,1-2H2,(H,5,6)(H2,7,8,9);1-3H3/q;;;+1/p-1. The van der Waals surface area contributed by atoms with Crippen LogP contribution in [0.5, 0.6) is 5.75 Å². The van der Waals surface area contributed by atoms with Gasteiger partial charge in [-0.15, -0.1) is 23.3 Å². The Bertz CT molecular complexity index is 2400.